The maximum absolute atomic E-state index is 13.2. The summed E-state index contributed by atoms with van der Waals surface area (Å²) < 4.78 is 8.09. The Kier molecular flexibility index (Phi) is 6.81. The van der Waals surface area contributed by atoms with E-state index in [0.29, 0.717) is 23.3 Å². The zero-order valence-corrected chi connectivity index (χ0v) is 19.6. The number of nitrogens with zero attached hydrogens (tertiary/aromatic N) is 3. The fourth-order valence-electron chi connectivity index (χ4n) is 3.29. The third-order valence-electron chi connectivity index (χ3n) is 5.34. The molecule has 0 aliphatic rings. The third-order valence-corrected chi connectivity index (χ3v) is 5.83. The lowest BCUT2D eigenvalue weighted by molar-refractivity contribution is 0.306. The molecule has 0 amide bonds. The van der Waals surface area contributed by atoms with E-state index in [2.05, 4.69) is 34.9 Å². The summed E-state index contributed by atoms with van der Waals surface area (Å²) in [7, 11) is 0. The number of rotatable bonds is 7. The van der Waals surface area contributed by atoms with Gasteiger partial charge in [0.05, 0.1) is 17.1 Å². The predicted molar refractivity (Wildman–Crippen MR) is 133 cm³/mol. The number of hydrogen-bond donors (Lipinski definition) is 0. The van der Waals surface area contributed by atoms with Crippen molar-refractivity contribution in [3.05, 3.63) is 105 Å². The number of hydrogen-bond acceptors (Lipinski definition) is 4. The van der Waals surface area contributed by atoms with E-state index >= 15 is 0 Å². The van der Waals surface area contributed by atoms with Crippen LogP contribution < -0.4 is 10.3 Å². The number of halogens is 1. The van der Waals surface area contributed by atoms with Gasteiger partial charge in [-0.2, -0.15) is 9.78 Å². The van der Waals surface area contributed by atoms with E-state index in [1.165, 1.54) is 4.68 Å². The average molecular weight is 490 g/mol. The van der Waals surface area contributed by atoms with E-state index < -0.39 is 0 Å². The highest BCUT2D eigenvalue weighted by molar-refractivity contribution is 9.10. The summed E-state index contributed by atoms with van der Waals surface area (Å²) in [4.78, 5) is 17.9. The van der Waals surface area contributed by atoms with Crippen LogP contribution in [0, 0.1) is 0 Å². The van der Waals surface area contributed by atoms with E-state index in [4.69, 9.17) is 9.72 Å². The van der Waals surface area contributed by atoms with Gasteiger partial charge in [-0.05, 0) is 60.0 Å². The molecule has 0 spiro atoms. The monoisotopic (exact) mass is 489 g/mol. The topological polar surface area (TPSA) is 56.5 Å². The Balaban J connectivity index is 1.60. The van der Waals surface area contributed by atoms with Crippen molar-refractivity contribution in [1.82, 2.24) is 9.66 Å². The molecule has 6 heteroatoms. The van der Waals surface area contributed by atoms with Crippen LogP contribution in [0.2, 0.25) is 0 Å². The smallest absolute Gasteiger partial charge is 0.282 e. The zero-order valence-electron chi connectivity index (χ0n) is 18.0. The standard InChI is InChI=1S/C26H24BrN3O2/c1-3-18(2)25-29-24-14-11-21(27)15-23(24)26(31)30(25)28-16-19-9-12-22(13-10-19)32-17-20-7-5-4-6-8-20/h4-16,18H,3,17H2,1-2H3/t18-/m0/s1. The molecule has 4 rings (SSSR count). The second kappa shape index (κ2) is 9.92. The third kappa shape index (κ3) is 4.97. The molecule has 0 saturated heterocycles. The highest BCUT2D eigenvalue weighted by Gasteiger charge is 2.15. The van der Waals surface area contributed by atoms with Crippen LogP contribution in [0.25, 0.3) is 10.9 Å². The van der Waals surface area contributed by atoms with Crippen molar-refractivity contribution in [3.63, 3.8) is 0 Å². The zero-order chi connectivity index (χ0) is 22.5. The van der Waals surface area contributed by atoms with Crippen LogP contribution in [0.1, 0.15) is 43.1 Å². The van der Waals surface area contributed by atoms with Gasteiger partial charge in [0.1, 0.15) is 18.2 Å². The molecule has 0 unspecified atom stereocenters. The fourth-order valence-corrected chi connectivity index (χ4v) is 3.66. The van der Waals surface area contributed by atoms with Gasteiger partial charge in [0.15, 0.2) is 0 Å². The molecule has 3 aromatic carbocycles. The second-order valence-corrected chi connectivity index (χ2v) is 8.56. The maximum atomic E-state index is 13.2. The van der Waals surface area contributed by atoms with Gasteiger partial charge in [-0.1, -0.05) is 60.1 Å². The Hall–Kier alpha value is -3.25. The van der Waals surface area contributed by atoms with E-state index in [1.54, 1.807) is 12.3 Å². The quantitative estimate of drug-likeness (QED) is 0.293. The van der Waals surface area contributed by atoms with E-state index in [9.17, 15) is 4.79 Å². The first-order chi connectivity index (χ1) is 15.5. The van der Waals surface area contributed by atoms with Gasteiger partial charge >= 0.3 is 0 Å². The van der Waals surface area contributed by atoms with Crippen molar-refractivity contribution in [2.45, 2.75) is 32.8 Å². The van der Waals surface area contributed by atoms with Crippen LogP contribution in [0.3, 0.4) is 0 Å². The molecular weight excluding hydrogens is 466 g/mol. The van der Waals surface area contributed by atoms with Gasteiger partial charge in [-0.15, -0.1) is 0 Å². The summed E-state index contributed by atoms with van der Waals surface area (Å²) >= 11 is 3.44. The molecule has 0 aliphatic heterocycles. The average Bonchev–Trinajstić information content (AvgIpc) is 2.83. The molecule has 0 saturated carbocycles. The summed E-state index contributed by atoms with van der Waals surface area (Å²) in [5, 5.41) is 5.04. The molecule has 32 heavy (non-hydrogen) atoms. The molecule has 0 bridgehead atoms. The molecule has 1 aromatic heterocycles. The van der Waals surface area contributed by atoms with Gasteiger partial charge in [0.2, 0.25) is 0 Å². The number of ether oxygens (including phenoxy) is 1. The Labute approximate surface area is 195 Å². The van der Waals surface area contributed by atoms with E-state index in [-0.39, 0.29) is 11.5 Å². The lowest BCUT2D eigenvalue weighted by atomic mass is 10.1. The van der Waals surface area contributed by atoms with Crippen molar-refractivity contribution in [2.24, 2.45) is 5.10 Å². The van der Waals surface area contributed by atoms with Gasteiger partial charge < -0.3 is 4.74 Å². The molecule has 4 aromatic rings. The largest absolute Gasteiger partial charge is 0.489 e. The van der Waals surface area contributed by atoms with Crippen LogP contribution in [0.5, 0.6) is 5.75 Å². The summed E-state index contributed by atoms with van der Waals surface area (Å²) in [6.07, 6.45) is 2.54. The summed E-state index contributed by atoms with van der Waals surface area (Å²) in [5.41, 5.74) is 2.49. The van der Waals surface area contributed by atoms with Crippen molar-refractivity contribution in [2.75, 3.05) is 0 Å². The molecule has 0 aliphatic carbocycles. The Morgan fingerprint density at radius 2 is 1.84 bits per heavy atom. The summed E-state index contributed by atoms with van der Waals surface area (Å²) in [6, 6.07) is 23.2. The first-order valence-electron chi connectivity index (χ1n) is 10.6. The van der Waals surface area contributed by atoms with Crippen molar-refractivity contribution in [1.29, 1.82) is 0 Å². The van der Waals surface area contributed by atoms with Gasteiger partial charge in [-0.3, -0.25) is 4.79 Å². The molecule has 5 nitrogen and oxygen atoms in total. The normalized spacial score (nSPS) is 12.3. The summed E-state index contributed by atoms with van der Waals surface area (Å²) in [6.45, 7) is 4.64. The van der Waals surface area contributed by atoms with E-state index in [1.807, 2.05) is 66.7 Å². The highest BCUT2D eigenvalue weighted by Crippen LogP contribution is 2.21. The van der Waals surface area contributed by atoms with Gasteiger partial charge in [0.25, 0.3) is 5.56 Å². The van der Waals surface area contributed by atoms with Crippen LogP contribution >= 0.6 is 15.9 Å². The van der Waals surface area contributed by atoms with Crippen molar-refractivity contribution < 1.29 is 4.74 Å². The lowest BCUT2D eigenvalue weighted by Crippen LogP contribution is -2.23. The molecular formula is C26H24BrN3O2. The minimum atomic E-state index is -0.175. The molecule has 0 fully saturated rings. The minimum absolute atomic E-state index is 0.0988. The van der Waals surface area contributed by atoms with Crippen molar-refractivity contribution in [3.8, 4) is 5.75 Å². The number of aromatic nitrogens is 2. The summed E-state index contributed by atoms with van der Waals surface area (Å²) in [5.74, 6) is 1.54. The highest BCUT2D eigenvalue weighted by atomic mass is 79.9. The van der Waals surface area contributed by atoms with Gasteiger partial charge in [-0.25, -0.2) is 4.98 Å². The first kappa shape index (κ1) is 22.0. The van der Waals surface area contributed by atoms with Crippen LogP contribution in [0.15, 0.2) is 87.2 Å². The Bertz CT molecular complexity index is 1300. The molecule has 162 valence electrons. The fraction of sp³-hybridized carbons (Fsp3) is 0.192. The molecule has 0 radical (unpaired) electrons. The van der Waals surface area contributed by atoms with Crippen LogP contribution in [-0.4, -0.2) is 15.9 Å². The lowest BCUT2D eigenvalue weighted by Gasteiger charge is -2.14. The van der Waals surface area contributed by atoms with E-state index in [0.717, 1.165) is 27.8 Å². The maximum Gasteiger partial charge on any atom is 0.282 e. The minimum Gasteiger partial charge on any atom is -0.489 e. The second-order valence-electron chi connectivity index (χ2n) is 7.65. The number of benzene rings is 3. The molecule has 1 atom stereocenters. The molecule has 0 N–H and O–H groups in total. The molecule has 1 heterocycles. The van der Waals surface area contributed by atoms with Crippen LogP contribution in [-0.2, 0) is 6.61 Å². The Morgan fingerprint density at radius 3 is 2.56 bits per heavy atom. The number of fused-ring (bicyclic) bond motifs is 1. The predicted octanol–water partition coefficient (Wildman–Crippen LogP) is 6.13. The van der Waals surface area contributed by atoms with Crippen molar-refractivity contribution >= 4 is 33.0 Å². The SMILES string of the molecule is CC[C@H](C)c1nc2ccc(Br)cc2c(=O)n1N=Cc1ccc(OCc2ccccc2)cc1. The Morgan fingerprint density at radius 1 is 1.09 bits per heavy atom. The first-order valence-corrected chi connectivity index (χ1v) is 11.4. The van der Waals surface area contributed by atoms with Crippen LogP contribution in [0.4, 0.5) is 0 Å². The van der Waals surface area contributed by atoms with Gasteiger partial charge in [0, 0.05) is 10.4 Å².